The molecule has 0 spiro atoms. The van der Waals surface area contributed by atoms with Gasteiger partial charge in [-0.25, -0.2) is 0 Å². The number of likely N-dealkylation sites (N-methyl/N-ethyl adjacent to an activating group) is 1. The Morgan fingerprint density at radius 1 is 1.43 bits per heavy atom. The lowest BCUT2D eigenvalue weighted by Gasteiger charge is -2.11. The predicted molar refractivity (Wildman–Crippen MR) is 81.8 cm³/mol. The molecule has 114 valence electrons. The molecule has 0 aliphatic carbocycles. The summed E-state index contributed by atoms with van der Waals surface area (Å²) >= 11 is 6.16. The largest absolute Gasteiger partial charge is 0.308 e. The molecule has 0 amide bonds. The highest BCUT2D eigenvalue weighted by Gasteiger charge is 2.23. The van der Waals surface area contributed by atoms with Crippen molar-refractivity contribution in [3.63, 3.8) is 0 Å². The molecule has 0 bridgehead atoms. The summed E-state index contributed by atoms with van der Waals surface area (Å²) in [6.45, 7) is 3.37. The maximum atomic E-state index is 12.8. The Kier molecular flexibility index (Phi) is 4.80. The van der Waals surface area contributed by atoms with Crippen molar-refractivity contribution in [3.8, 4) is 0 Å². The Labute approximate surface area is 129 Å². The Bertz CT molecular complexity index is 644. The van der Waals surface area contributed by atoms with Gasteiger partial charge in [0.2, 0.25) is 5.78 Å². The van der Waals surface area contributed by atoms with Gasteiger partial charge in [0.05, 0.1) is 29.0 Å². The molecule has 0 unspecified atom stereocenters. The Morgan fingerprint density at radius 3 is 2.76 bits per heavy atom. The minimum Gasteiger partial charge on any atom is -0.308 e. The molecule has 0 aromatic carbocycles. The van der Waals surface area contributed by atoms with Crippen molar-refractivity contribution < 1.29 is 4.79 Å². The van der Waals surface area contributed by atoms with Crippen molar-refractivity contribution in [2.24, 2.45) is 7.05 Å². The molecule has 2 rings (SSSR count). The van der Waals surface area contributed by atoms with E-state index in [2.05, 4.69) is 10.2 Å². The summed E-state index contributed by atoms with van der Waals surface area (Å²) in [6, 6.07) is 0. The molecular formula is C14H20ClN5O. The number of carbonyl (C=O) groups excluding carboxylic acids is 1. The summed E-state index contributed by atoms with van der Waals surface area (Å²) in [7, 11) is 5.76. The quantitative estimate of drug-likeness (QED) is 0.761. The molecule has 21 heavy (non-hydrogen) atoms. The molecule has 0 aliphatic rings. The van der Waals surface area contributed by atoms with Gasteiger partial charge in [0.15, 0.2) is 0 Å². The zero-order chi connectivity index (χ0) is 15.6. The summed E-state index contributed by atoms with van der Waals surface area (Å²) in [5, 5.41) is 8.89. The van der Waals surface area contributed by atoms with Crippen LogP contribution in [0.2, 0.25) is 5.02 Å². The number of carbonyl (C=O) groups is 1. The van der Waals surface area contributed by atoms with Crippen molar-refractivity contribution in [2.45, 2.75) is 19.9 Å². The normalized spacial score (nSPS) is 11.3. The van der Waals surface area contributed by atoms with Crippen LogP contribution < -0.4 is 0 Å². The lowest BCUT2D eigenvalue weighted by atomic mass is 10.1. The summed E-state index contributed by atoms with van der Waals surface area (Å²) in [5.41, 5.74) is 1.80. The van der Waals surface area contributed by atoms with E-state index in [1.165, 1.54) is 6.20 Å². The van der Waals surface area contributed by atoms with Crippen LogP contribution in [0.5, 0.6) is 0 Å². The standard InChI is InChI=1S/C14H20ClN5O/c1-5-12-10(9-19(4)17-12)14(21)13-11(15)8-16-20(13)7-6-18(2)3/h8-9H,5-7H2,1-4H3. The molecule has 0 saturated carbocycles. The van der Waals surface area contributed by atoms with Crippen molar-refractivity contribution >= 4 is 17.4 Å². The minimum atomic E-state index is -0.124. The summed E-state index contributed by atoms with van der Waals surface area (Å²) in [5.74, 6) is -0.124. The van der Waals surface area contributed by atoms with Crippen molar-refractivity contribution in [3.05, 3.63) is 34.4 Å². The first-order chi connectivity index (χ1) is 9.93. The van der Waals surface area contributed by atoms with Crippen LogP contribution in [0.1, 0.15) is 28.7 Å². The number of halogens is 1. The number of aryl methyl sites for hydroxylation is 2. The molecule has 2 heterocycles. The van der Waals surface area contributed by atoms with E-state index in [4.69, 9.17) is 11.6 Å². The van der Waals surface area contributed by atoms with E-state index in [0.717, 1.165) is 12.2 Å². The fourth-order valence-corrected chi connectivity index (χ4v) is 2.39. The maximum Gasteiger partial charge on any atom is 0.215 e. The molecule has 7 heteroatoms. The molecule has 0 fully saturated rings. The molecule has 0 N–H and O–H groups in total. The van der Waals surface area contributed by atoms with Gasteiger partial charge in [0.25, 0.3) is 0 Å². The fourth-order valence-electron chi connectivity index (χ4n) is 2.17. The minimum absolute atomic E-state index is 0.124. The smallest absolute Gasteiger partial charge is 0.215 e. The molecule has 0 aliphatic heterocycles. The van der Waals surface area contributed by atoms with Crippen LogP contribution >= 0.6 is 11.6 Å². The highest BCUT2D eigenvalue weighted by Crippen LogP contribution is 2.21. The van der Waals surface area contributed by atoms with E-state index in [1.54, 1.807) is 22.6 Å². The molecule has 2 aromatic heterocycles. The van der Waals surface area contributed by atoms with Gasteiger partial charge in [0.1, 0.15) is 5.69 Å². The number of hydrogen-bond acceptors (Lipinski definition) is 4. The second kappa shape index (κ2) is 6.41. The van der Waals surface area contributed by atoms with E-state index < -0.39 is 0 Å². The lowest BCUT2D eigenvalue weighted by Crippen LogP contribution is -2.22. The average Bonchev–Trinajstić information content (AvgIpc) is 2.98. The Morgan fingerprint density at radius 2 is 2.14 bits per heavy atom. The van der Waals surface area contributed by atoms with Gasteiger partial charge >= 0.3 is 0 Å². The number of nitrogens with zero attached hydrogens (tertiary/aromatic N) is 5. The summed E-state index contributed by atoms with van der Waals surface area (Å²) < 4.78 is 3.32. The van der Waals surface area contributed by atoms with Crippen LogP contribution in [0.4, 0.5) is 0 Å². The third-order valence-corrected chi connectivity index (χ3v) is 3.53. The SMILES string of the molecule is CCc1nn(C)cc1C(=O)c1c(Cl)cnn1CCN(C)C. The Hall–Kier alpha value is -1.66. The predicted octanol–water partition coefficient (Wildman–Crippen LogP) is 1.62. The second-order valence-electron chi connectivity index (χ2n) is 5.21. The highest BCUT2D eigenvalue weighted by atomic mass is 35.5. The van der Waals surface area contributed by atoms with Gasteiger partial charge in [0, 0.05) is 19.8 Å². The molecule has 0 saturated heterocycles. The van der Waals surface area contributed by atoms with Crippen molar-refractivity contribution in [2.75, 3.05) is 20.6 Å². The first-order valence-electron chi connectivity index (χ1n) is 6.87. The third kappa shape index (κ3) is 3.33. The maximum absolute atomic E-state index is 12.8. The molecule has 2 aromatic rings. The van der Waals surface area contributed by atoms with Gasteiger partial charge in [-0.15, -0.1) is 0 Å². The lowest BCUT2D eigenvalue weighted by molar-refractivity contribution is 0.102. The van der Waals surface area contributed by atoms with Crippen LogP contribution in [0.15, 0.2) is 12.4 Å². The number of rotatable bonds is 6. The van der Waals surface area contributed by atoms with E-state index in [-0.39, 0.29) is 5.78 Å². The Balaban J connectivity index is 2.36. The molecule has 0 radical (unpaired) electrons. The first kappa shape index (κ1) is 15.7. The van der Waals surface area contributed by atoms with Gasteiger partial charge in [-0.2, -0.15) is 10.2 Å². The van der Waals surface area contributed by atoms with Crippen LogP contribution in [0, 0.1) is 0 Å². The average molecular weight is 310 g/mol. The summed E-state index contributed by atoms with van der Waals surface area (Å²) in [4.78, 5) is 14.8. The fraction of sp³-hybridized carbons (Fsp3) is 0.500. The number of hydrogen-bond donors (Lipinski definition) is 0. The van der Waals surface area contributed by atoms with E-state index in [1.807, 2.05) is 25.9 Å². The van der Waals surface area contributed by atoms with E-state index >= 15 is 0 Å². The molecule has 6 nitrogen and oxygen atoms in total. The number of ketones is 1. The van der Waals surface area contributed by atoms with E-state index in [9.17, 15) is 4.79 Å². The van der Waals surface area contributed by atoms with Gasteiger partial charge in [-0.05, 0) is 20.5 Å². The first-order valence-corrected chi connectivity index (χ1v) is 7.25. The van der Waals surface area contributed by atoms with Crippen LogP contribution in [-0.2, 0) is 20.0 Å². The highest BCUT2D eigenvalue weighted by molar-refractivity contribution is 6.34. The summed E-state index contributed by atoms with van der Waals surface area (Å²) in [6.07, 6.45) is 3.96. The molecular weight excluding hydrogens is 290 g/mol. The van der Waals surface area contributed by atoms with Crippen molar-refractivity contribution in [1.82, 2.24) is 24.5 Å². The second-order valence-corrected chi connectivity index (χ2v) is 5.62. The van der Waals surface area contributed by atoms with Crippen molar-refractivity contribution in [1.29, 1.82) is 0 Å². The van der Waals surface area contributed by atoms with Gasteiger partial charge < -0.3 is 4.90 Å². The zero-order valence-electron chi connectivity index (χ0n) is 12.8. The van der Waals surface area contributed by atoms with Gasteiger partial charge in [-0.3, -0.25) is 14.2 Å². The third-order valence-electron chi connectivity index (χ3n) is 3.25. The zero-order valence-corrected chi connectivity index (χ0v) is 13.6. The monoisotopic (exact) mass is 309 g/mol. The van der Waals surface area contributed by atoms with Gasteiger partial charge in [-0.1, -0.05) is 18.5 Å². The van der Waals surface area contributed by atoms with E-state index in [0.29, 0.717) is 29.2 Å². The van der Waals surface area contributed by atoms with Crippen LogP contribution in [0.3, 0.4) is 0 Å². The van der Waals surface area contributed by atoms with Crippen LogP contribution in [0.25, 0.3) is 0 Å². The topological polar surface area (TPSA) is 56.0 Å². The molecule has 0 atom stereocenters. The van der Waals surface area contributed by atoms with Crippen LogP contribution in [-0.4, -0.2) is 50.9 Å². The number of aromatic nitrogens is 4.